The summed E-state index contributed by atoms with van der Waals surface area (Å²) in [6.07, 6.45) is -10.8. The highest BCUT2D eigenvalue weighted by molar-refractivity contribution is 7.26. The minimum absolute atomic E-state index is 0.0924. The maximum atomic E-state index is 12.7. The Morgan fingerprint density at radius 3 is 1.21 bits per heavy atom. The number of allylic oxidation sites excluding steroid dienone is 2. The van der Waals surface area contributed by atoms with Crippen molar-refractivity contribution in [3.63, 3.8) is 0 Å². The summed E-state index contributed by atoms with van der Waals surface area (Å²) in [4.78, 5) is 23.8. The third-order valence-electron chi connectivity index (χ3n) is 4.30. The van der Waals surface area contributed by atoms with Crippen molar-refractivity contribution in [2.24, 2.45) is 0 Å². The number of rotatable bonds is 10. The molecular formula is C20H8B2F10O4S3. The maximum Gasteiger partial charge on any atom is 0.796 e. The third kappa shape index (κ3) is 8.22. The van der Waals surface area contributed by atoms with Crippen molar-refractivity contribution in [2.75, 3.05) is 0 Å². The van der Waals surface area contributed by atoms with Crippen LogP contribution < -0.4 is 0 Å². The molecular weight excluding hydrogens is 612 g/mol. The molecule has 0 radical (unpaired) electrons. The molecule has 0 N–H and O–H groups in total. The van der Waals surface area contributed by atoms with Crippen molar-refractivity contribution in [3.05, 3.63) is 58.3 Å². The average molecular weight is 620 g/mol. The summed E-state index contributed by atoms with van der Waals surface area (Å²) in [5.74, 6) is -6.78. The Hall–Kier alpha value is -3.05. The molecule has 3 aromatic heterocycles. The predicted molar refractivity (Wildman–Crippen MR) is 127 cm³/mol. The summed E-state index contributed by atoms with van der Waals surface area (Å²) >= 11 is 2.53. The van der Waals surface area contributed by atoms with E-state index in [0.29, 0.717) is 19.5 Å². The van der Waals surface area contributed by atoms with E-state index in [1.165, 1.54) is 24.3 Å². The first-order valence-electron chi connectivity index (χ1n) is 9.91. The quantitative estimate of drug-likeness (QED) is 0.0998. The Kier molecular flexibility index (Phi) is 9.38. The molecule has 4 nitrogen and oxygen atoms in total. The van der Waals surface area contributed by atoms with Gasteiger partial charge in [-0.25, -0.2) is 17.3 Å². The normalized spacial score (nSPS) is 12.9. The fraction of sp³-hybridized carbons (Fsp3) is 0.100. The number of carbonyl (C=O) groups is 2. The van der Waals surface area contributed by atoms with Gasteiger partial charge in [-0.2, -0.15) is 26.3 Å². The van der Waals surface area contributed by atoms with E-state index in [9.17, 15) is 53.2 Å². The highest BCUT2D eigenvalue weighted by atomic mass is 32.1. The van der Waals surface area contributed by atoms with Crippen molar-refractivity contribution >= 4 is 72.0 Å². The lowest BCUT2D eigenvalue weighted by Gasteiger charge is -2.07. The predicted octanol–water partition coefficient (Wildman–Crippen LogP) is 8.03. The molecule has 0 amide bonds. The first-order chi connectivity index (χ1) is 18.0. The molecule has 0 aromatic carbocycles. The summed E-state index contributed by atoms with van der Waals surface area (Å²) in [7, 11) is -7.02. The van der Waals surface area contributed by atoms with Crippen LogP contribution in [0, 0.1) is 0 Å². The molecule has 0 saturated carbocycles. The first kappa shape index (κ1) is 30.5. The standard InChI is InChI=1S/C20H8B2F10O4S3/c23-19(24,25)17(33)7-9(35-21(29)30)11-1-3-13(37-11)15-5-6-16(39-15)14-4-2-12(38-14)10(36-22(31)32)8-18(34)20(26,27)28/h1-8H/b9-7-,10-8-. The zero-order chi connectivity index (χ0) is 29.1. The molecule has 0 unspecified atom stereocenters. The van der Waals surface area contributed by atoms with E-state index in [0.717, 1.165) is 46.1 Å². The Balaban J connectivity index is 1.89. The van der Waals surface area contributed by atoms with Crippen molar-refractivity contribution in [2.45, 2.75) is 12.4 Å². The number of halogens is 10. The van der Waals surface area contributed by atoms with Crippen LogP contribution in [0.5, 0.6) is 0 Å². The molecule has 3 rings (SSSR count). The van der Waals surface area contributed by atoms with Crippen LogP contribution >= 0.6 is 34.0 Å². The Labute approximate surface area is 224 Å². The van der Waals surface area contributed by atoms with Gasteiger partial charge in [-0.3, -0.25) is 9.59 Å². The second-order valence-electron chi connectivity index (χ2n) is 6.99. The molecule has 0 fully saturated rings. The summed E-state index contributed by atoms with van der Waals surface area (Å²) in [6, 6.07) is 8.14. The van der Waals surface area contributed by atoms with E-state index >= 15 is 0 Å². The Morgan fingerprint density at radius 1 is 0.590 bits per heavy atom. The molecule has 0 spiro atoms. The lowest BCUT2D eigenvalue weighted by molar-refractivity contribution is -0.165. The first-order valence-corrected chi connectivity index (χ1v) is 12.4. The number of hydrogen-bond donors (Lipinski definition) is 0. The fourth-order valence-corrected chi connectivity index (χ4v) is 5.85. The second kappa shape index (κ2) is 12.0. The highest BCUT2D eigenvalue weighted by Gasteiger charge is 2.39. The van der Waals surface area contributed by atoms with Crippen molar-refractivity contribution < 1.29 is 62.5 Å². The summed E-state index contributed by atoms with van der Waals surface area (Å²) < 4.78 is 135. The molecule has 19 heteroatoms. The van der Waals surface area contributed by atoms with Crippen LogP contribution in [0.15, 0.2) is 48.6 Å². The van der Waals surface area contributed by atoms with Gasteiger partial charge in [0.2, 0.25) is 0 Å². The number of carbonyl (C=O) groups excluding carboxylic acids is 2. The van der Waals surface area contributed by atoms with Crippen LogP contribution in [0.1, 0.15) is 9.75 Å². The van der Waals surface area contributed by atoms with E-state index in [1.807, 2.05) is 0 Å². The topological polar surface area (TPSA) is 52.6 Å². The van der Waals surface area contributed by atoms with Gasteiger partial charge in [0.05, 0.1) is 9.75 Å². The lowest BCUT2D eigenvalue weighted by Crippen LogP contribution is -2.21. The largest absolute Gasteiger partial charge is 0.796 e. The third-order valence-corrected chi connectivity index (χ3v) is 7.98. The van der Waals surface area contributed by atoms with Gasteiger partial charge in [-0.05, 0) is 36.4 Å². The highest BCUT2D eigenvalue weighted by Crippen LogP contribution is 2.42. The zero-order valence-corrected chi connectivity index (χ0v) is 20.9. The van der Waals surface area contributed by atoms with Crippen molar-refractivity contribution in [1.29, 1.82) is 0 Å². The van der Waals surface area contributed by atoms with Gasteiger partial charge in [0.1, 0.15) is 11.5 Å². The summed E-state index contributed by atoms with van der Waals surface area (Å²) in [6.45, 7) is 0. The van der Waals surface area contributed by atoms with E-state index in [-0.39, 0.29) is 21.9 Å². The van der Waals surface area contributed by atoms with Crippen LogP contribution in [0.25, 0.3) is 31.0 Å². The van der Waals surface area contributed by atoms with Crippen LogP contribution in [0.4, 0.5) is 43.6 Å². The van der Waals surface area contributed by atoms with Gasteiger partial charge >= 0.3 is 27.3 Å². The molecule has 0 atom stereocenters. The average Bonchev–Trinajstić information content (AvgIpc) is 3.56. The van der Waals surface area contributed by atoms with Crippen LogP contribution in [-0.2, 0) is 18.9 Å². The molecule has 0 saturated heterocycles. The van der Waals surface area contributed by atoms with Crippen LogP contribution in [-0.4, -0.2) is 38.9 Å². The minimum atomic E-state index is -5.31. The minimum Gasteiger partial charge on any atom is -0.504 e. The van der Waals surface area contributed by atoms with Crippen LogP contribution in [0.2, 0.25) is 0 Å². The molecule has 0 aliphatic heterocycles. The fourth-order valence-electron chi connectivity index (χ4n) is 2.73. The van der Waals surface area contributed by atoms with E-state index in [2.05, 4.69) is 9.31 Å². The Bertz CT molecular complexity index is 1300. The van der Waals surface area contributed by atoms with Crippen molar-refractivity contribution in [1.82, 2.24) is 0 Å². The molecule has 3 aromatic rings. The monoisotopic (exact) mass is 620 g/mol. The van der Waals surface area contributed by atoms with Gasteiger partial charge in [0.15, 0.2) is 0 Å². The van der Waals surface area contributed by atoms with E-state index in [1.54, 1.807) is 0 Å². The number of thiophene rings is 3. The lowest BCUT2D eigenvalue weighted by atomic mass is 10.2. The second-order valence-corrected chi connectivity index (χ2v) is 10.2. The maximum absolute atomic E-state index is 12.7. The van der Waals surface area contributed by atoms with Gasteiger partial charge in [0.25, 0.3) is 11.6 Å². The molecule has 39 heavy (non-hydrogen) atoms. The zero-order valence-electron chi connectivity index (χ0n) is 18.4. The summed E-state index contributed by atoms with van der Waals surface area (Å²) in [5, 5.41) is 0. The van der Waals surface area contributed by atoms with Gasteiger partial charge in [-0.15, -0.1) is 34.0 Å². The molecule has 206 valence electrons. The number of ketones is 2. The number of alkyl halides is 6. The van der Waals surface area contributed by atoms with Crippen molar-refractivity contribution in [3.8, 4) is 19.5 Å². The molecule has 0 aliphatic rings. The Morgan fingerprint density at radius 2 is 0.897 bits per heavy atom. The summed E-state index contributed by atoms with van der Waals surface area (Å²) in [5.41, 5.74) is 0. The molecule has 0 bridgehead atoms. The molecule has 0 aliphatic carbocycles. The van der Waals surface area contributed by atoms with E-state index in [4.69, 9.17) is 0 Å². The van der Waals surface area contributed by atoms with Gasteiger partial charge in [0, 0.05) is 31.7 Å². The van der Waals surface area contributed by atoms with Gasteiger partial charge in [-0.1, -0.05) is 0 Å². The molecule has 3 heterocycles. The van der Waals surface area contributed by atoms with E-state index < -0.39 is 50.4 Å². The van der Waals surface area contributed by atoms with Gasteiger partial charge < -0.3 is 9.31 Å². The van der Waals surface area contributed by atoms with Crippen LogP contribution in [0.3, 0.4) is 0 Å². The SMILES string of the molecule is O=C(/C=C(\OB(F)F)c1ccc(-c2ccc(-c3ccc(/C(=C/C(=O)C(F)(F)F)OB(F)F)s3)s2)s1)C(F)(F)F. The smallest absolute Gasteiger partial charge is 0.504 e. The number of hydrogen-bond acceptors (Lipinski definition) is 7.